The van der Waals surface area contributed by atoms with Crippen LogP contribution in [0.4, 0.5) is 5.82 Å². The molecule has 0 radical (unpaired) electrons. The first-order valence-corrected chi connectivity index (χ1v) is 8.19. The van der Waals surface area contributed by atoms with Gasteiger partial charge in [0.25, 0.3) is 0 Å². The molecular formula is C20H25N3O2. The lowest BCUT2D eigenvalue weighted by atomic mass is 9.93. The lowest BCUT2D eigenvalue weighted by Crippen LogP contribution is -2.45. The summed E-state index contributed by atoms with van der Waals surface area (Å²) in [6.07, 6.45) is 12.5. The Morgan fingerprint density at radius 2 is 1.96 bits per heavy atom. The van der Waals surface area contributed by atoms with Crippen molar-refractivity contribution in [1.82, 2.24) is 4.98 Å². The highest BCUT2D eigenvalue weighted by Crippen LogP contribution is 2.28. The van der Waals surface area contributed by atoms with Crippen molar-refractivity contribution in [2.45, 2.75) is 34.6 Å². The number of pyridine rings is 1. The summed E-state index contributed by atoms with van der Waals surface area (Å²) in [5, 5.41) is 0.952. The van der Waals surface area contributed by atoms with E-state index in [-0.39, 0.29) is 22.7 Å². The Balaban J connectivity index is 2.41. The number of anilines is 1. The number of hydrogen-bond acceptors (Lipinski definition) is 4. The second-order valence-corrected chi connectivity index (χ2v) is 7.82. The van der Waals surface area contributed by atoms with Gasteiger partial charge in [0.1, 0.15) is 0 Å². The van der Waals surface area contributed by atoms with Crippen molar-refractivity contribution in [2.75, 3.05) is 5.01 Å². The van der Waals surface area contributed by atoms with E-state index < -0.39 is 5.41 Å². The second kappa shape index (κ2) is 6.76. The van der Waals surface area contributed by atoms with Gasteiger partial charge < -0.3 is 0 Å². The van der Waals surface area contributed by atoms with Gasteiger partial charge in [0.15, 0.2) is 12.1 Å². The summed E-state index contributed by atoms with van der Waals surface area (Å²) >= 11 is 0. The average molecular weight is 339 g/mol. The molecule has 132 valence electrons. The minimum absolute atomic E-state index is 0.0354. The Morgan fingerprint density at radius 3 is 2.56 bits per heavy atom. The van der Waals surface area contributed by atoms with E-state index in [2.05, 4.69) is 31.0 Å². The quantitative estimate of drug-likeness (QED) is 0.394. The number of carbonyl (C=O) groups excluding carboxylic acids is 2. The number of carbonyl (C=O) groups is 2. The third-order valence-corrected chi connectivity index (χ3v) is 3.94. The second-order valence-electron chi connectivity index (χ2n) is 7.82. The van der Waals surface area contributed by atoms with Gasteiger partial charge in [-0.15, -0.1) is 0 Å². The van der Waals surface area contributed by atoms with Gasteiger partial charge in [-0.1, -0.05) is 65.0 Å². The zero-order chi connectivity index (χ0) is 18.8. The summed E-state index contributed by atoms with van der Waals surface area (Å²) in [4.78, 5) is 28.2. The molecule has 1 amide bonds. The molecular weight excluding hydrogens is 314 g/mol. The standard InChI is InChI=1S/C20H25N3O2/c1-19(2,3)18(25)23(21)17-16(13-24)11-15(12-22-17)14-7-6-9-20(4,5)10-8-14/h6-13H,21H2,1-5H3. The van der Waals surface area contributed by atoms with Crippen LogP contribution in [0.2, 0.25) is 0 Å². The maximum absolute atomic E-state index is 12.4. The van der Waals surface area contributed by atoms with Crippen LogP contribution in [0, 0.1) is 10.8 Å². The van der Waals surface area contributed by atoms with Gasteiger partial charge in [-0.05, 0) is 11.6 Å². The Kier molecular flexibility index (Phi) is 5.09. The van der Waals surface area contributed by atoms with Crippen LogP contribution in [0.1, 0.15) is 50.5 Å². The summed E-state index contributed by atoms with van der Waals surface area (Å²) in [6.45, 7) is 9.51. The maximum atomic E-state index is 12.4. The minimum atomic E-state index is -0.668. The number of hydrazine groups is 1. The number of hydrogen-bond donors (Lipinski definition) is 1. The van der Waals surface area contributed by atoms with Gasteiger partial charge in [-0.25, -0.2) is 15.8 Å². The first kappa shape index (κ1) is 18.8. The molecule has 0 atom stereocenters. The lowest BCUT2D eigenvalue weighted by Gasteiger charge is -2.25. The first-order valence-electron chi connectivity index (χ1n) is 8.19. The fourth-order valence-corrected chi connectivity index (χ4v) is 2.39. The van der Waals surface area contributed by atoms with Crippen molar-refractivity contribution in [1.29, 1.82) is 0 Å². The number of nitrogens with zero attached hydrogens (tertiary/aromatic N) is 2. The molecule has 0 aromatic carbocycles. The van der Waals surface area contributed by atoms with Gasteiger partial charge in [0.05, 0.1) is 5.56 Å². The van der Waals surface area contributed by atoms with Gasteiger partial charge in [0, 0.05) is 22.6 Å². The summed E-state index contributed by atoms with van der Waals surface area (Å²) in [7, 11) is 0. The molecule has 2 N–H and O–H groups in total. The Hall–Kier alpha value is -2.53. The van der Waals surface area contributed by atoms with E-state index in [1.807, 2.05) is 18.2 Å². The Morgan fingerprint density at radius 1 is 1.28 bits per heavy atom. The van der Waals surface area contributed by atoms with Gasteiger partial charge in [0.2, 0.25) is 5.91 Å². The number of rotatable bonds is 3. The van der Waals surface area contributed by atoms with Crippen LogP contribution in [0.5, 0.6) is 0 Å². The fraction of sp³-hybridized carbons (Fsp3) is 0.350. The monoisotopic (exact) mass is 339 g/mol. The summed E-state index contributed by atoms with van der Waals surface area (Å²) in [6, 6.07) is 1.70. The van der Waals surface area contributed by atoms with Crippen molar-refractivity contribution in [3.8, 4) is 0 Å². The van der Waals surface area contributed by atoms with Gasteiger partial charge in [-0.3, -0.25) is 9.59 Å². The van der Waals surface area contributed by atoms with Crippen LogP contribution < -0.4 is 10.9 Å². The van der Waals surface area contributed by atoms with Crippen molar-refractivity contribution < 1.29 is 9.59 Å². The largest absolute Gasteiger partial charge is 0.298 e. The maximum Gasteiger partial charge on any atom is 0.247 e. The Labute approximate surface area is 148 Å². The van der Waals surface area contributed by atoms with E-state index >= 15 is 0 Å². The molecule has 0 unspecified atom stereocenters. The highest BCUT2D eigenvalue weighted by molar-refractivity contribution is 5.99. The molecule has 0 saturated carbocycles. The molecule has 1 aromatic heterocycles. The number of aromatic nitrogens is 1. The van der Waals surface area contributed by atoms with E-state index in [0.29, 0.717) is 6.29 Å². The number of allylic oxidation sites excluding steroid dienone is 6. The van der Waals surface area contributed by atoms with E-state index in [9.17, 15) is 9.59 Å². The highest BCUT2D eigenvalue weighted by atomic mass is 16.2. The zero-order valence-corrected chi connectivity index (χ0v) is 15.4. The van der Waals surface area contributed by atoms with Crippen molar-refractivity contribution >= 4 is 23.6 Å². The molecule has 1 heterocycles. The molecule has 2 rings (SSSR count). The van der Waals surface area contributed by atoms with Crippen molar-refractivity contribution in [2.24, 2.45) is 16.7 Å². The minimum Gasteiger partial charge on any atom is -0.298 e. The molecule has 25 heavy (non-hydrogen) atoms. The summed E-state index contributed by atoms with van der Waals surface area (Å²) < 4.78 is 0. The van der Waals surface area contributed by atoms with Crippen LogP contribution in [0.15, 0.2) is 42.6 Å². The summed E-state index contributed by atoms with van der Waals surface area (Å²) in [5.41, 5.74) is 1.31. The predicted molar refractivity (Wildman–Crippen MR) is 101 cm³/mol. The lowest BCUT2D eigenvalue weighted by molar-refractivity contribution is -0.125. The van der Waals surface area contributed by atoms with Crippen molar-refractivity contribution in [3.63, 3.8) is 0 Å². The molecule has 1 aliphatic rings. The molecule has 5 heteroatoms. The van der Waals surface area contributed by atoms with E-state index in [1.54, 1.807) is 33.0 Å². The molecule has 0 saturated heterocycles. The Bertz CT molecular complexity index is 781. The smallest absolute Gasteiger partial charge is 0.247 e. The van der Waals surface area contributed by atoms with E-state index in [4.69, 9.17) is 5.84 Å². The topological polar surface area (TPSA) is 76.3 Å². The third-order valence-electron chi connectivity index (χ3n) is 3.94. The number of amides is 1. The molecule has 5 nitrogen and oxygen atoms in total. The molecule has 1 aromatic rings. The average Bonchev–Trinajstić information content (AvgIpc) is 2.72. The number of nitrogens with two attached hydrogens (primary N) is 1. The van der Waals surface area contributed by atoms with Crippen LogP contribution in [0.3, 0.4) is 0 Å². The normalized spacial score (nSPS) is 16.2. The first-order chi connectivity index (χ1) is 11.5. The molecule has 0 spiro atoms. The fourth-order valence-electron chi connectivity index (χ4n) is 2.39. The zero-order valence-electron chi connectivity index (χ0n) is 15.4. The summed E-state index contributed by atoms with van der Waals surface area (Å²) in [5.74, 6) is 5.76. The van der Waals surface area contributed by atoms with Crippen LogP contribution >= 0.6 is 0 Å². The van der Waals surface area contributed by atoms with Gasteiger partial charge >= 0.3 is 0 Å². The number of aldehydes is 1. The molecule has 1 aliphatic carbocycles. The molecule has 0 bridgehead atoms. The van der Waals surface area contributed by atoms with E-state index in [0.717, 1.165) is 16.1 Å². The predicted octanol–water partition coefficient (Wildman–Crippen LogP) is 3.68. The van der Waals surface area contributed by atoms with Crippen LogP contribution in [-0.2, 0) is 4.79 Å². The van der Waals surface area contributed by atoms with Gasteiger partial charge in [-0.2, -0.15) is 0 Å². The molecule has 0 aliphatic heterocycles. The SMILES string of the molecule is CC1(C)C=CC=C(c2cnc(N(N)C(=O)C(C)(C)C)c(C=O)c2)C=C1. The van der Waals surface area contributed by atoms with E-state index in [1.165, 1.54) is 0 Å². The molecule has 0 fully saturated rings. The van der Waals surface area contributed by atoms with Crippen LogP contribution in [-0.4, -0.2) is 17.2 Å². The highest BCUT2D eigenvalue weighted by Gasteiger charge is 2.28. The van der Waals surface area contributed by atoms with Crippen LogP contribution in [0.25, 0.3) is 5.57 Å². The van der Waals surface area contributed by atoms with Crippen molar-refractivity contribution in [3.05, 3.63) is 53.8 Å². The third kappa shape index (κ3) is 4.31.